The first-order chi connectivity index (χ1) is 8.99. The Kier molecular flexibility index (Phi) is 5.96. The molecule has 19 heavy (non-hydrogen) atoms. The van der Waals surface area contributed by atoms with Gasteiger partial charge in [-0.05, 0) is 24.5 Å². The Morgan fingerprint density at radius 3 is 2.68 bits per heavy atom. The Balaban J connectivity index is 2.83. The zero-order chi connectivity index (χ0) is 14.4. The summed E-state index contributed by atoms with van der Waals surface area (Å²) in [6, 6.07) is 4.69. The number of carbonyl (C=O) groups is 1. The molecular weight excluding hydrogens is 266 g/mol. The molecule has 106 valence electrons. The van der Waals surface area contributed by atoms with Crippen molar-refractivity contribution in [1.29, 1.82) is 0 Å². The Labute approximate surface area is 118 Å². The number of para-hydroxylation sites is 1. The second kappa shape index (κ2) is 7.24. The van der Waals surface area contributed by atoms with Crippen LogP contribution in [0.2, 0.25) is 0 Å². The molecule has 0 aliphatic carbocycles. The van der Waals surface area contributed by atoms with Gasteiger partial charge in [0.15, 0.2) is 11.5 Å². The van der Waals surface area contributed by atoms with Gasteiger partial charge in [0.05, 0.1) is 12.7 Å². The molecule has 0 bridgehead atoms. The molecule has 0 saturated heterocycles. The molecule has 1 aromatic rings. The molecule has 2 N–H and O–H groups in total. The number of halogens is 1. The van der Waals surface area contributed by atoms with E-state index in [9.17, 15) is 9.90 Å². The summed E-state index contributed by atoms with van der Waals surface area (Å²) in [5.74, 6) is 0.555. The maximum Gasteiger partial charge on any atom is 0.255 e. The van der Waals surface area contributed by atoms with E-state index in [4.69, 9.17) is 16.3 Å². The minimum Gasteiger partial charge on any atom is -0.504 e. The zero-order valence-corrected chi connectivity index (χ0v) is 12.2. The van der Waals surface area contributed by atoms with Gasteiger partial charge in [0, 0.05) is 11.9 Å². The number of phenols is 1. The molecule has 0 radical (unpaired) electrons. The number of nitrogens with one attached hydrogen (secondary N) is 1. The Morgan fingerprint density at radius 1 is 1.47 bits per heavy atom. The summed E-state index contributed by atoms with van der Waals surface area (Å²) in [7, 11) is 1.44. The van der Waals surface area contributed by atoms with E-state index in [-0.39, 0.29) is 29.0 Å². The van der Waals surface area contributed by atoms with Gasteiger partial charge >= 0.3 is 0 Å². The lowest BCUT2D eigenvalue weighted by atomic mass is 10.0. The van der Waals surface area contributed by atoms with E-state index in [0.29, 0.717) is 11.8 Å². The van der Waals surface area contributed by atoms with Crippen molar-refractivity contribution >= 4 is 17.5 Å². The second-order valence-corrected chi connectivity index (χ2v) is 5.12. The maximum atomic E-state index is 12.1. The fraction of sp³-hybridized carbons (Fsp3) is 0.500. The molecule has 1 unspecified atom stereocenters. The van der Waals surface area contributed by atoms with Crippen molar-refractivity contribution in [3.05, 3.63) is 23.8 Å². The summed E-state index contributed by atoms with van der Waals surface area (Å²) < 4.78 is 4.98. The van der Waals surface area contributed by atoms with Gasteiger partial charge in [-0.25, -0.2) is 0 Å². The van der Waals surface area contributed by atoms with Gasteiger partial charge in [0.2, 0.25) is 0 Å². The predicted molar refractivity (Wildman–Crippen MR) is 76.1 cm³/mol. The van der Waals surface area contributed by atoms with E-state index in [1.165, 1.54) is 7.11 Å². The number of alkyl halides is 1. The lowest BCUT2D eigenvalue weighted by Crippen LogP contribution is -2.37. The summed E-state index contributed by atoms with van der Waals surface area (Å²) in [6.45, 7) is 4.13. The van der Waals surface area contributed by atoms with Crippen LogP contribution in [0.1, 0.15) is 30.6 Å². The summed E-state index contributed by atoms with van der Waals surface area (Å²) >= 11 is 5.84. The first kappa shape index (κ1) is 15.6. The van der Waals surface area contributed by atoms with Crippen molar-refractivity contribution in [2.45, 2.75) is 26.3 Å². The van der Waals surface area contributed by atoms with E-state index in [1.807, 2.05) is 0 Å². The number of phenolic OH excluding ortho intramolecular Hbond substituents is 1. The molecule has 0 aliphatic rings. The lowest BCUT2D eigenvalue weighted by Gasteiger charge is -2.18. The third-order valence-corrected chi connectivity index (χ3v) is 3.11. The number of amides is 1. The molecule has 1 aromatic carbocycles. The number of carbonyl (C=O) groups excluding carboxylic acids is 1. The number of aromatic hydroxyl groups is 1. The van der Waals surface area contributed by atoms with E-state index in [0.717, 1.165) is 6.42 Å². The monoisotopic (exact) mass is 285 g/mol. The van der Waals surface area contributed by atoms with Crippen LogP contribution < -0.4 is 10.1 Å². The summed E-state index contributed by atoms with van der Waals surface area (Å²) in [5.41, 5.74) is 0.193. The van der Waals surface area contributed by atoms with E-state index >= 15 is 0 Å². The van der Waals surface area contributed by atoms with Crippen molar-refractivity contribution in [3.8, 4) is 11.5 Å². The smallest absolute Gasteiger partial charge is 0.255 e. The highest BCUT2D eigenvalue weighted by molar-refractivity contribution is 6.18. The van der Waals surface area contributed by atoms with E-state index in [1.54, 1.807) is 18.2 Å². The van der Waals surface area contributed by atoms with Gasteiger partial charge in [-0.3, -0.25) is 4.79 Å². The zero-order valence-electron chi connectivity index (χ0n) is 11.4. The van der Waals surface area contributed by atoms with Crippen molar-refractivity contribution in [1.82, 2.24) is 5.32 Å². The number of hydrogen-bond donors (Lipinski definition) is 2. The van der Waals surface area contributed by atoms with Crippen LogP contribution in [-0.2, 0) is 0 Å². The van der Waals surface area contributed by atoms with Gasteiger partial charge in [-0.2, -0.15) is 0 Å². The van der Waals surface area contributed by atoms with Crippen LogP contribution in [0.25, 0.3) is 0 Å². The van der Waals surface area contributed by atoms with Gasteiger partial charge in [0.25, 0.3) is 5.91 Å². The number of methoxy groups -OCH3 is 1. The summed E-state index contributed by atoms with van der Waals surface area (Å²) in [4.78, 5) is 12.1. The average Bonchev–Trinajstić information content (AvgIpc) is 2.37. The fourth-order valence-electron chi connectivity index (χ4n) is 1.86. The Morgan fingerprint density at radius 2 is 2.16 bits per heavy atom. The van der Waals surface area contributed by atoms with Crippen LogP contribution in [0.3, 0.4) is 0 Å². The van der Waals surface area contributed by atoms with Crippen LogP contribution >= 0.6 is 11.6 Å². The number of benzene rings is 1. The van der Waals surface area contributed by atoms with Crippen molar-refractivity contribution < 1.29 is 14.6 Å². The second-order valence-electron chi connectivity index (χ2n) is 4.81. The average molecular weight is 286 g/mol. The molecule has 0 aliphatic heterocycles. The van der Waals surface area contributed by atoms with Crippen molar-refractivity contribution in [2.75, 3.05) is 13.0 Å². The molecule has 1 amide bonds. The molecule has 0 aromatic heterocycles. The summed E-state index contributed by atoms with van der Waals surface area (Å²) in [6.07, 6.45) is 0.792. The normalized spacial score (nSPS) is 12.3. The van der Waals surface area contributed by atoms with Gasteiger partial charge in [-0.1, -0.05) is 19.9 Å². The first-order valence-corrected chi connectivity index (χ1v) is 6.75. The van der Waals surface area contributed by atoms with Gasteiger partial charge in [-0.15, -0.1) is 11.6 Å². The highest BCUT2D eigenvalue weighted by atomic mass is 35.5. The molecule has 5 heteroatoms. The largest absolute Gasteiger partial charge is 0.504 e. The Hall–Kier alpha value is -1.42. The quantitative estimate of drug-likeness (QED) is 0.790. The van der Waals surface area contributed by atoms with Crippen LogP contribution in [0.5, 0.6) is 11.5 Å². The maximum absolute atomic E-state index is 12.1. The molecule has 1 atom stereocenters. The van der Waals surface area contributed by atoms with Gasteiger partial charge < -0.3 is 15.2 Å². The SMILES string of the molecule is COc1cccc(C(=O)NC(CCl)CC(C)C)c1O. The molecule has 0 fully saturated rings. The van der Waals surface area contributed by atoms with Crippen LogP contribution in [0, 0.1) is 5.92 Å². The first-order valence-electron chi connectivity index (χ1n) is 6.22. The highest BCUT2D eigenvalue weighted by Crippen LogP contribution is 2.29. The number of rotatable bonds is 6. The predicted octanol–water partition coefficient (Wildman–Crippen LogP) is 2.78. The number of ether oxygens (including phenoxy) is 1. The van der Waals surface area contributed by atoms with Crippen LogP contribution in [0.4, 0.5) is 0 Å². The topological polar surface area (TPSA) is 58.6 Å². The van der Waals surface area contributed by atoms with Crippen molar-refractivity contribution in [2.24, 2.45) is 5.92 Å². The van der Waals surface area contributed by atoms with Gasteiger partial charge in [0.1, 0.15) is 0 Å². The number of hydrogen-bond acceptors (Lipinski definition) is 3. The standard InChI is InChI=1S/C14H20ClNO3/c1-9(2)7-10(8-15)16-14(18)11-5-4-6-12(19-3)13(11)17/h4-6,9-10,17H,7-8H2,1-3H3,(H,16,18). The highest BCUT2D eigenvalue weighted by Gasteiger charge is 2.18. The fourth-order valence-corrected chi connectivity index (χ4v) is 2.07. The van der Waals surface area contributed by atoms with Crippen LogP contribution in [0.15, 0.2) is 18.2 Å². The Bertz CT molecular complexity index is 435. The molecule has 0 saturated carbocycles. The molecule has 0 heterocycles. The lowest BCUT2D eigenvalue weighted by molar-refractivity contribution is 0.0933. The minimum absolute atomic E-state index is 0.111. The van der Waals surface area contributed by atoms with E-state index in [2.05, 4.69) is 19.2 Å². The molecule has 1 rings (SSSR count). The summed E-state index contributed by atoms with van der Waals surface area (Å²) in [5, 5.41) is 12.7. The minimum atomic E-state index is -0.345. The third-order valence-electron chi connectivity index (χ3n) is 2.74. The molecule has 0 spiro atoms. The third kappa shape index (κ3) is 4.31. The van der Waals surface area contributed by atoms with E-state index < -0.39 is 0 Å². The molecule has 4 nitrogen and oxygen atoms in total. The van der Waals surface area contributed by atoms with Crippen molar-refractivity contribution in [3.63, 3.8) is 0 Å². The van der Waals surface area contributed by atoms with Crippen LogP contribution in [-0.4, -0.2) is 30.0 Å². The molecular formula is C14H20ClNO3.